The Balaban J connectivity index is 3.71. The fourth-order valence-corrected chi connectivity index (χ4v) is 1.10. The molecule has 18 heavy (non-hydrogen) atoms. The first-order chi connectivity index (χ1) is 8.24. The second kappa shape index (κ2) is 7.68. The third-order valence-corrected chi connectivity index (χ3v) is 1.86. The molecular formula is C12H21NO5. The molecule has 1 N–H and O–H groups in total. The number of carbonyl (C=O) groups is 3. The SMILES string of the molecule is COC(=O)CCNC(=O)CCC(=O)OC(C)(C)C. The fraction of sp³-hybridized carbons (Fsp3) is 0.750. The average molecular weight is 259 g/mol. The average Bonchev–Trinajstić information content (AvgIpc) is 2.23. The van der Waals surface area contributed by atoms with Crippen LogP contribution in [0.15, 0.2) is 0 Å². The number of carbonyl (C=O) groups excluding carboxylic acids is 3. The number of methoxy groups -OCH3 is 1. The van der Waals surface area contributed by atoms with Crippen LogP contribution in [0.2, 0.25) is 0 Å². The lowest BCUT2D eigenvalue weighted by Gasteiger charge is -2.19. The van der Waals surface area contributed by atoms with E-state index in [1.165, 1.54) is 7.11 Å². The normalized spacial score (nSPS) is 10.7. The topological polar surface area (TPSA) is 81.7 Å². The molecule has 0 spiro atoms. The minimum absolute atomic E-state index is 0.0291. The smallest absolute Gasteiger partial charge is 0.307 e. The summed E-state index contributed by atoms with van der Waals surface area (Å²) in [4.78, 5) is 33.4. The maximum absolute atomic E-state index is 11.3. The first kappa shape index (κ1) is 16.4. The van der Waals surface area contributed by atoms with Gasteiger partial charge < -0.3 is 14.8 Å². The summed E-state index contributed by atoms with van der Waals surface area (Å²) < 4.78 is 9.48. The van der Waals surface area contributed by atoms with Crippen molar-refractivity contribution in [1.29, 1.82) is 0 Å². The van der Waals surface area contributed by atoms with Gasteiger partial charge in [-0.15, -0.1) is 0 Å². The van der Waals surface area contributed by atoms with Crippen LogP contribution in [-0.2, 0) is 23.9 Å². The van der Waals surface area contributed by atoms with Gasteiger partial charge in [0.25, 0.3) is 0 Å². The number of hydrogen-bond donors (Lipinski definition) is 1. The molecule has 0 bridgehead atoms. The van der Waals surface area contributed by atoms with Crippen LogP contribution in [0.4, 0.5) is 0 Å². The van der Waals surface area contributed by atoms with Crippen molar-refractivity contribution in [3.63, 3.8) is 0 Å². The molecule has 6 nitrogen and oxygen atoms in total. The molecule has 0 aliphatic carbocycles. The molecule has 0 aromatic heterocycles. The molecule has 0 atom stereocenters. The molecule has 0 saturated carbocycles. The lowest BCUT2D eigenvalue weighted by atomic mass is 10.2. The molecule has 0 saturated heterocycles. The molecule has 0 rings (SSSR count). The van der Waals surface area contributed by atoms with Crippen molar-refractivity contribution in [2.75, 3.05) is 13.7 Å². The molecule has 0 aliphatic rings. The highest BCUT2D eigenvalue weighted by Crippen LogP contribution is 2.08. The summed E-state index contributed by atoms with van der Waals surface area (Å²) in [6, 6.07) is 0. The van der Waals surface area contributed by atoms with Crippen molar-refractivity contribution in [3.8, 4) is 0 Å². The van der Waals surface area contributed by atoms with E-state index in [1.807, 2.05) is 0 Å². The predicted octanol–water partition coefficient (Wildman–Crippen LogP) is 0.788. The van der Waals surface area contributed by atoms with Gasteiger partial charge in [0.2, 0.25) is 5.91 Å². The molecular weight excluding hydrogens is 238 g/mol. The molecule has 0 radical (unpaired) electrons. The van der Waals surface area contributed by atoms with Crippen LogP contribution < -0.4 is 5.32 Å². The minimum Gasteiger partial charge on any atom is -0.469 e. The van der Waals surface area contributed by atoms with E-state index in [4.69, 9.17) is 4.74 Å². The van der Waals surface area contributed by atoms with Crippen molar-refractivity contribution in [1.82, 2.24) is 5.32 Å². The zero-order valence-corrected chi connectivity index (χ0v) is 11.4. The molecule has 0 aromatic rings. The highest BCUT2D eigenvalue weighted by molar-refractivity contribution is 5.81. The van der Waals surface area contributed by atoms with E-state index in [1.54, 1.807) is 20.8 Å². The zero-order valence-electron chi connectivity index (χ0n) is 11.4. The van der Waals surface area contributed by atoms with Gasteiger partial charge in [0.05, 0.1) is 20.0 Å². The van der Waals surface area contributed by atoms with Crippen LogP contribution >= 0.6 is 0 Å². The third-order valence-electron chi connectivity index (χ3n) is 1.86. The summed E-state index contributed by atoms with van der Waals surface area (Å²) in [6.07, 6.45) is 0.200. The summed E-state index contributed by atoms with van der Waals surface area (Å²) in [6.45, 7) is 5.50. The molecule has 0 fully saturated rings. The van der Waals surface area contributed by atoms with E-state index in [-0.39, 0.29) is 37.7 Å². The van der Waals surface area contributed by atoms with Crippen LogP contribution in [0.1, 0.15) is 40.0 Å². The summed E-state index contributed by atoms with van der Waals surface area (Å²) in [5.74, 6) is -1.09. The molecule has 0 unspecified atom stereocenters. The Morgan fingerprint density at radius 1 is 1.00 bits per heavy atom. The van der Waals surface area contributed by atoms with Crippen LogP contribution in [0.3, 0.4) is 0 Å². The van der Waals surface area contributed by atoms with E-state index in [0.717, 1.165) is 0 Å². The molecule has 0 heterocycles. The lowest BCUT2D eigenvalue weighted by molar-refractivity contribution is -0.155. The number of rotatable bonds is 6. The van der Waals surface area contributed by atoms with Gasteiger partial charge in [0.1, 0.15) is 5.60 Å². The minimum atomic E-state index is -0.543. The standard InChI is InChI=1S/C12H21NO5/c1-12(2,3)18-11(16)6-5-9(14)13-8-7-10(15)17-4/h5-8H2,1-4H3,(H,13,14). The van der Waals surface area contributed by atoms with Crippen molar-refractivity contribution in [3.05, 3.63) is 0 Å². The van der Waals surface area contributed by atoms with Crippen LogP contribution in [0, 0.1) is 0 Å². The van der Waals surface area contributed by atoms with E-state index >= 15 is 0 Å². The summed E-state index contributed by atoms with van der Waals surface area (Å²) in [5, 5.41) is 2.52. The van der Waals surface area contributed by atoms with E-state index < -0.39 is 11.6 Å². The maximum atomic E-state index is 11.3. The van der Waals surface area contributed by atoms with Gasteiger partial charge in [-0.1, -0.05) is 0 Å². The van der Waals surface area contributed by atoms with Crippen LogP contribution in [0.5, 0.6) is 0 Å². The number of esters is 2. The first-order valence-electron chi connectivity index (χ1n) is 5.80. The van der Waals surface area contributed by atoms with Gasteiger partial charge in [-0.3, -0.25) is 14.4 Å². The Kier molecular flexibility index (Phi) is 7.00. The van der Waals surface area contributed by atoms with Gasteiger partial charge in [0.15, 0.2) is 0 Å². The maximum Gasteiger partial charge on any atom is 0.307 e. The summed E-state index contributed by atoms with van der Waals surface area (Å²) >= 11 is 0. The van der Waals surface area contributed by atoms with E-state index in [2.05, 4.69) is 10.1 Å². The molecule has 104 valence electrons. The Labute approximate surface area is 107 Å². The number of ether oxygens (including phenoxy) is 2. The molecule has 6 heteroatoms. The fourth-order valence-electron chi connectivity index (χ4n) is 1.10. The number of nitrogens with one attached hydrogen (secondary N) is 1. The van der Waals surface area contributed by atoms with Gasteiger partial charge in [-0.25, -0.2) is 0 Å². The predicted molar refractivity (Wildman–Crippen MR) is 64.7 cm³/mol. The van der Waals surface area contributed by atoms with E-state index in [9.17, 15) is 14.4 Å². The molecule has 0 aliphatic heterocycles. The van der Waals surface area contributed by atoms with Crippen LogP contribution in [0.25, 0.3) is 0 Å². The van der Waals surface area contributed by atoms with Crippen molar-refractivity contribution in [2.45, 2.75) is 45.6 Å². The van der Waals surface area contributed by atoms with Gasteiger partial charge in [-0.05, 0) is 20.8 Å². The molecule has 1 amide bonds. The Morgan fingerprint density at radius 2 is 1.61 bits per heavy atom. The zero-order chi connectivity index (χ0) is 14.2. The number of amides is 1. The molecule has 0 aromatic carbocycles. The largest absolute Gasteiger partial charge is 0.469 e. The summed E-state index contributed by atoms with van der Waals surface area (Å²) in [7, 11) is 1.28. The van der Waals surface area contributed by atoms with Crippen molar-refractivity contribution >= 4 is 17.8 Å². The van der Waals surface area contributed by atoms with E-state index in [0.29, 0.717) is 0 Å². The summed E-state index contributed by atoms with van der Waals surface area (Å²) in [5.41, 5.74) is -0.543. The quantitative estimate of drug-likeness (QED) is 0.713. The van der Waals surface area contributed by atoms with Gasteiger partial charge in [-0.2, -0.15) is 0 Å². The second-order valence-corrected chi connectivity index (χ2v) is 4.76. The monoisotopic (exact) mass is 259 g/mol. The third kappa shape index (κ3) is 9.62. The van der Waals surface area contributed by atoms with Crippen LogP contribution in [-0.4, -0.2) is 37.1 Å². The Hall–Kier alpha value is -1.59. The Morgan fingerprint density at radius 3 is 2.11 bits per heavy atom. The van der Waals surface area contributed by atoms with Crippen molar-refractivity contribution < 1.29 is 23.9 Å². The van der Waals surface area contributed by atoms with Gasteiger partial charge >= 0.3 is 11.9 Å². The van der Waals surface area contributed by atoms with Gasteiger partial charge in [0, 0.05) is 13.0 Å². The highest BCUT2D eigenvalue weighted by Gasteiger charge is 2.16. The lowest BCUT2D eigenvalue weighted by Crippen LogP contribution is -2.28. The Bertz CT molecular complexity index is 306. The second-order valence-electron chi connectivity index (χ2n) is 4.76. The van der Waals surface area contributed by atoms with Crippen molar-refractivity contribution in [2.24, 2.45) is 0 Å². The highest BCUT2D eigenvalue weighted by atomic mass is 16.6. The number of hydrogen-bond acceptors (Lipinski definition) is 5. The first-order valence-corrected chi connectivity index (χ1v) is 5.80.